The van der Waals surface area contributed by atoms with Gasteiger partial charge in [-0.15, -0.1) is 0 Å². The molecule has 1 aliphatic rings. The summed E-state index contributed by atoms with van der Waals surface area (Å²) < 4.78 is 52.1. The molecular formula is C28H31F4N5O2. The van der Waals surface area contributed by atoms with Crippen LogP contribution < -0.4 is 0 Å². The third kappa shape index (κ3) is 10.6. The summed E-state index contributed by atoms with van der Waals surface area (Å²) in [6, 6.07) is 14.9. The van der Waals surface area contributed by atoms with Crippen LogP contribution in [0.25, 0.3) is 5.57 Å². The van der Waals surface area contributed by atoms with E-state index >= 15 is 0 Å². The summed E-state index contributed by atoms with van der Waals surface area (Å²) >= 11 is 0. The highest BCUT2D eigenvalue weighted by atomic mass is 19.4. The van der Waals surface area contributed by atoms with E-state index < -0.39 is 29.1 Å². The molecule has 2 aromatic carbocycles. The van der Waals surface area contributed by atoms with Gasteiger partial charge in [0.1, 0.15) is 17.2 Å². The fourth-order valence-corrected chi connectivity index (χ4v) is 3.31. The molecule has 208 valence electrons. The fraction of sp³-hybridized carbons (Fsp3) is 0.286. The van der Waals surface area contributed by atoms with Crippen molar-refractivity contribution < 1.29 is 27.2 Å². The number of aryl methyl sites for hydroxylation is 1. The molecule has 3 aromatic rings. The highest BCUT2D eigenvalue weighted by Gasteiger charge is 2.37. The van der Waals surface area contributed by atoms with Crippen molar-refractivity contribution in [1.29, 1.82) is 5.41 Å². The smallest absolute Gasteiger partial charge is 0.343 e. The molecule has 2 N–H and O–H groups in total. The van der Waals surface area contributed by atoms with Crippen LogP contribution in [0.3, 0.4) is 0 Å². The Morgan fingerprint density at radius 1 is 1.03 bits per heavy atom. The molecule has 0 spiro atoms. The Morgan fingerprint density at radius 3 is 2.10 bits per heavy atom. The lowest BCUT2D eigenvalue weighted by molar-refractivity contribution is -0.119. The van der Waals surface area contributed by atoms with E-state index in [4.69, 9.17) is 5.41 Å². The molecule has 4 rings (SSSR count). The van der Waals surface area contributed by atoms with Gasteiger partial charge < -0.3 is 20.2 Å². The molecule has 0 atom stereocenters. The van der Waals surface area contributed by atoms with Gasteiger partial charge >= 0.3 is 6.18 Å². The second-order valence-electron chi connectivity index (χ2n) is 8.57. The predicted molar refractivity (Wildman–Crippen MR) is 142 cm³/mol. The third-order valence-corrected chi connectivity index (χ3v) is 5.66. The quantitative estimate of drug-likeness (QED) is 0.259. The molecule has 0 aliphatic carbocycles. The molecule has 1 aliphatic heterocycles. The molecule has 0 unspecified atom stereocenters. The van der Waals surface area contributed by atoms with E-state index in [2.05, 4.69) is 53.1 Å². The van der Waals surface area contributed by atoms with Crippen LogP contribution in [-0.4, -0.2) is 77.6 Å². The van der Waals surface area contributed by atoms with Gasteiger partial charge in [-0.2, -0.15) is 13.2 Å². The summed E-state index contributed by atoms with van der Waals surface area (Å²) in [6.45, 7) is 5.97. The number of aromatic amines is 1. The van der Waals surface area contributed by atoms with Crippen LogP contribution in [0.1, 0.15) is 34.4 Å². The number of H-pyrrole nitrogens is 1. The highest BCUT2D eigenvalue weighted by molar-refractivity contribution is 6.10. The minimum Gasteiger partial charge on any atom is -0.343 e. The maximum absolute atomic E-state index is 13.1. The van der Waals surface area contributed by atoms with Crippen molar-refractivity contribution >= 4 is 24.0 Å². The summed E-state index contributed by atoms with van der Waals surface area (Å²) in [6.07, 6.45) is -0.849. The number of amides is 1. The Kier molecular flexibility index (Phi) is 12.2. The first kappa shape index (κ1) is 31.1. The maximum atomic E-state index is 13.1. The van der Waals surface area contributed by atoms with E-state index in [0.717, 1.165) is 57.3 Å². The predicted octanol–water partition coefficient (Wildman–Crippen LogP) is 5.01. The van der Waals surface area contributed by atoms with Crippen LogP contribution in [0.4, 0.5) is 17.6 Å². The van der Waals surface area contributed by atoms with Gasteiger partial charge in [0.25, 0.3) is 0 Å². The number of likely N-dealkylation sites (N-methyl/N-ethyl adjacent to an activating group) is 1. The monoisotopic (exact) mass is 545 g/mol. The van der Waals surface area contributed by atoms with Crippen LogP contribution in [0.15, 0.2) is 66.9 Å². The topological polar surface area (TPSA) is 93.2 Å². The Morgan fingerprint density at radius 2 is 1.64 bits per heavy atom. The van der Waals surface area contributed by atoms with Crippen LogP contribution in [0.5, 0.6) is 0 Å². The van der Waals surface area contributed by atoms with E-state index in [1.165, 1.54) is 17.7 Å². The molecule has 1 saturated heterocycles. The lowest BCUT2D eigenvalue weighted by Gasteiger charge is -2.29. The number of carbonyl (C=O) groups is 2. The SMILES string of the molecule is CCc1ccccc1.CN1CCN(C=O)CC1.N=C(/C=C(\c1ncc(C=O)[nH]1)C(F)(F)F)c1ccc(F)cc1. The van der Waals surface area contributed by atoms with Gasteiger partial charge in [-0.05, 0) is 54.9 Å². The van der Waals surface area contributed by atoms with Gasteiger partial charge in [-0.25, -0.2) is 9.37 Å². The number of aromatic nitrogens is 2. The van der Waals surface area contributed by atoms with Crippen molar-refractivity contribution in [2.45, 2.75) is 19.5 Å². The molecule has 39 heavy (non-hydrogen) atoms. The van der Waals surface area contributed by atoms with E-state index in [-0.39, 0.29) is 11.3 Å². The van der Waals surface area contributed by atoms with E-state index in [1.54, 1.807) is 4.90 Å². The largest absolute Gasteiger partial charge is 0.420 e. The van der Waals surface area contributed by atoms with Gasteiger partial charge in [0.15, 0.2) is 6.29 Å². The number of benzene rings is 2. The van der Waals surface area contributed by atoms with Gasteiger partial charge in [0, 0.05) is 26.2 Å². The molecule has 0 bridgehead atoms. The summed E-state index contributed by atoms with van der Waals surface area (Å²) in [4.78, 5) is 30.4. The number of rotatable bonds is 6. The number of imidazole rings is 1. The van der Waals surface area contributed by atoms with Crippen LogP contribution in [0.2, 0.25) is 0 Å². The molecule has 1 aromatic heterocycles. The number of allylic oxidation sites excluding steroid dienone is 2. The second kappa shape index (κ2) is 15.3. The zero-order valence-corrected chi connectivity index (χ0v) is 21.7. The zero-order valence-electron chi connectivity index (χ0n) is 21.7. The molecule has 1 amide bonds. The first-order valence-electron chi connectivity index (χ1n) is 12.1. The molecule has 2 heterocycles. The summed E-state index contributed by atoms with van der Waals surface area (Å²) in [5, 5.41) is 7.70. The number of hydrogen-bond acceptors (Lipinski definition) is 5. The molecule has 1 fully saturated rings. The van der Waals surface area contributed by atoms with Crippen molar-refractivity contribution in [3.05, 3.63) is 95.3 Å². The van der Waals surface area contributed by atoms with Crippen LogP contribution in [0, 0.1) is 11.2 Å². The molecular weight excluding hydrogens is 514 g/mol. The van der Waals surface area contributed by atoms with E-state index in [0.29, 0.717) is 12.4 Å². The molecule has 0 saturated carbocycles. The van der Waals surface area contributed by atoms with Crippen LogP contribution in [-0.2, 0) is 11.2 Å². The standard InChI is InChI=1S/C14H9F4N3O.C8H10.C6H12N2O/c15-9-3-1-8(2-4-9)12(19)5-11(14(16,17)18)13-20-6-10(7-22)21-13;1-2-8-6-4-3-5-7-8;1-7-2-4-8(6-9)5-3-7/h1-7,19H,(H,20,21);3-7H,2H2,1H3;6H,2-5H2,1H3/b11-5+,19-12?;;. The van der Waals surface area contributed by atoms with Crippen molar-refractivity contribution in [3.63, 3.8) is 0 Å². The summed E-state index contributed by atoms with van der Waals surface area (Å²) in [5.74, 6) is -1.13. The maximum Gasteiger partial charge on any atom is 0.420 e. The Labute approximate surface area is 224 Å². The van der Waals surface area contributed by atoms with Gasteiger partial charge in [0.2, 0.25) is 6.41 Å². The third-order valence-electron chi connectivity index (χ3n) is 5.66. The Balaban J connectivity index is 0.000000255. The first-order chi connectivity index (χ1) is 18.6. The summed E-state index contributed by atoms with van der Waals surface area (Å²) in [5.41, 5.74) is -0.248. The van der Waals surface area contributed by atoms with Gasteiger partial charge in [-0.1, -0.05) is 37.3 Å². The van der Waals surface area contributed by atoms with E-state index in [9.17, 15) is 27.2 Å². The van der Waals surface area contributed by atoms with Gasteiger partial charge in [0.05, 0.1) is 17.6 Å². The van der Waals surface area contributed by atoms with Crippen LogP contribution >= 0.6 is 0 Å². The second-order valence-corrected chi connectivity index (χ2v) is 8.57. The van der Waals surface area contributed by atoms with Crippen molar-refractivity contribution in [1.82, 2.24) is 19.8 Å². The first-order valence-corrected chi connectivity index (χ1v) is 12.1. The average Bonchev–Trinajstić information content (AvgIpc) is 3.42. The number of piperazine rings is 1. The van der Waals surface area contributed by atoms with E-state index in [1.807, 2.05) is 6.07 Å². The normalized spacial score (nSPS) is 13.9. The lowest BCUT2D eigenvalue weighted by Crippen LogP contribution is -2.43. The number of hydrogen-bond donors (Lipinski definition) is 2. The lowest BCUT2D eigenvalue weighted by atomic mass is 10.1. The Bertz CT molecular complexity index is 1220. The zero-order chi connectivity index (χ0) is 28.8. The number of halogens is 4. The Hall–Kier alpha value is -4.12. The summed E-state index contributed by atoms with van der Waals surface area (Å²) in [7, 11) is 2.07. The van der Waals surface area contributed by atoms with Crippen molar-refractivity contribution in [2.24, 2.45) is 0 Å². The highest BCUT2D eigenvalue weighted by Crippen LogP contribution is 2.32. The minimum atomic E-state index is -4.77. The molecule has 7 nitrogen and oxygen atoms in total. The van der Waals surface area contributed by atoms with Crippen molar-refractivity contribution in [2.75, 3.05) is 33.2 Å². The number of aldehydes is 1. The van der Waals surface area contributed by atoms with Gasteiger partial charge in [-0.3, -0.25) is 9.59 Å². The van der Waals surface area contributed by atoms with Crippen molar-refractivity contribution in [3.8, 4) is 0 Å². The fourth-order valence-electron chi connectivity index (χ4n) is 3.31. The molecule has 0 radical (unpaired) electrons. The number of carbonyl (C=O) groups excluding carboxylic acids is 2. The minimum absolute atomic E-state index is 0.113. The number of nitrogens with one attached hydrogen (secondary N) is 2. The number of alkyl halides is 3. The average molecular weight is 546 g/mol. The molecule has 11 heteroatoms. The number of nitrogens with zero attached hydrogens (tertiary/aromatic N) is 3.